The van der Waals surface area contributed by atoms with Crippen LogP contribution in [0.25, 0.3) is 0 Å². The molecule has 1 aromatic rings. The van der Waals surface area contributed by atoms with Gasteiger partial charge in [-0.15, -0.1) is 0 Å². The van der Waals surface area contributed by atoms with Crippen LogP contribution in [0.4, 0.5) is 24.9 Å². The number of halogens is 3. The molecular formula is C20H27F3N4O4. The van der Waals surface area contributed by atoms with Gasteiger partial charge in [-0.2, -0.15) is 18.2 Å². The molecule has 172 valence electrons. The number of aromatic nitrogens is 2. The minimum Gasteiger partial charge on any atom is -0.381 e. The Morgan fingerprint density at radius 2 is 1.97 bits per heavy atom. The highest BCUT2D eigenvalue weighted by Gasteiger charge is 2.60. The van der Waals surface area contributed by atoms with E-state index in [4.69, 9.17) is 9.47 Å². The molecule has 2 fully saturated rings. The van der Waals surface area contributed by atoms with Crippen LogP contribution < -0.4 is 15.4 Å². The van der Waals surface area contributed by atoms with Crippen LogP contribution in [0.5, 0.6) is 0 Å². The van der Waals surface area contributed by atoms with E-state index in [0.717, 1.165) is 16.4 Å². The third-order valence-electron chi connectivity index (χ3n) is 6.54. The molecule has 3 aliphatic heterocycles. The maximum atomic E-state index is 14.2. The van der Waals surface area contributed by atoms with Crippen molar-refractivity contribution in [1.29, 1.82) is 0 Å². The highest BCUT2D eigenvalue weighted by atomic mass is 19.4. The number of hydrogen-bond donors (Lipinski definition) is 0. The highest BCUT2D eigenvalue weighted by Crippen LogP contribution is 2.43. The Balaban J connectivity index is 1.72. The SMILES string of the molecule is C[C@@H]1COCCN1c1cc(=O)n2c(n1)N(CC(=O)C1CCOCC1)[C@](C)(C(F)(F)F)C2. The number of rotatable bonds is 4. The molecule has 0 N–H and O–H groups in total. The average molecular weight is 444 g/mol. The van der Waals surface area contributed by atoms with Gasteiger partial charge in [0.1, 0.15) is 5.82 Å². The van der Waals surface area contributed by atoms with E-state index >= 15 is 0 Å². The second-order valence-electron chi connectivity index (χ2n) is 8.67. The number of morpholine rings is 1. The van der Waals surface area contributed by atoms with E-state index in [1.807, 2.05) is 11.8 Å². The van der Waals surface area contributed by atoms with Crippen molar-refractivity contribution < 1.29 is 27.4 Å². The summed E-state index contributed by atoms with van der Waals surface area (Å²) < 4.78 is 54.2. The summed E-state index contributed by atoms with van der Waals surface area (Å²) in [6.45, 7) is 4.07. The Bertz CT molecular complexity index is 899. The molecule has 0 unspecified atom stereocenters. The molecule has 4 rings (SSSR count). The van der Waals surface area contributed by atoms with Crippen LogP contribution in [-0.2, 0) is 20.8 Å². The number of anilines is 2. The van der Waals surface area contributed by atoms with Crippen molar-refractivity contribution >= 4 is 17.5 Å². The van der Waals surface area contributed by atoms with Crippen LogP contribution in [0, 0.1) is 5.92 Å². The summed E-state index contributed by atoms with van der Waals surface area (Å²) in [6.07, 6.45) is -3.68. The molecule has 0 aliphatic carbocycles. The maximum absolute atomic E-state index is 14.2. The lowest BCUT2D eigenvalue weighted by Crippen LogP contribution is -2.57. The summed E-state index contributed by atoms with van der Waals surface area (Å²) in [4.78, 5) is 33.0. The molecule has 0 bridgehead atoms. The lowest BCUT2D eigenvalue weighted by Gasteiger charge is -2.37. The summed E-state index contributed by atoms with van der Waals surface area (Å²) in [6, 6.07) is 1.20. The van der Waals surface area contributed by atoms with Gasteiger partial charge in [0.05, 0.1) is 32.3 Å². The predicted octanol–water partition coefficient (Wildman–Crippen LogP) is 1.61. The van der Waals surface area contributed by atoms with Crippen molar-refractivity contribution in [3.05, 3.63) is 16.4 Å². The van der Waals surface area contributed by atoms with Crippen molar-refractivity contribution in [2.24, 2.45) is 5.92 Å². The number of carbonyl (C=O) groups excluding carboxylic acids is 1. The molecule has 0 saturated carbocycles. The van der Waals surface area contributed by atoms with Crippen molar-refractivity contribution in [1.82, 2.24) is 9.55 Å². The normalized spacial score (nSPS) is 27.5. The number of Topliss-reactive ketones (excluding diaryl/α,β-unsaturated/α-hetero) is 1. The third-order valence-corrected chi connectivity index (χ3v) is 6.54. The van der Waals surface area contributed by atoms with E-state index in [9.17, 15) is 22.8 Å². The van der Waals surface area contributed by atoms with Gasteiger partial charge in [-0.05, 0) is 26.7 Å². The molecular weight excluding hydrogens is 417 g/mol. The van der Waals surface area contributed by atoms with Gasteiger partial charge >= 0.3 is 6.18 Å². The van der Waals surface area contributed by atoms with Gasteiger partial charge in [-0.25, -0.2) is 0 Å². The molecule has 0 aromatic carbocycles. The summed E-state index contributed by atoms with van der Waals surface area (Å²) in [5.41, 5.74) is -2.96. The van der Waals surface area contributed by atoms with Gasteiger partial charge in [-0.1, -0.05) is 0 Å². The molecule has 3 aliphatic rings. The van der Waals surface area contributed by atoms with Crippen LogP contribution in [0.3, 0.4) is 0 Å². The van der Waals surface area contributed by atoms with Gasteiger partial charge in [0.25, 0.3) is 5.56 Å². The van der Waals surface area contributed by atoms with E-state index in [2.05, 4.69) is 4.98 Å². The lowest BCUT2D eigenvalue weighted by molar-refractivity contribution is -0.182. The minimum atomic E-state index is -4.66. The van der Waals surface area contributed by atoms with E-state index in [-0.39, 0.29) is 23.7 Å². The molecule has 2 atom stereocenters. The van der Waals surface area contributed by atoms with Crippen LogP contribution in [0.15, 0.2) is 10.9 Å². The quantitative estimate of drug-likeness (QED) is 0.698. The van der Waals surface area contributed by atoms with Crippen LogP contribution in [-0.4, -0.2) is 72.6 Å². The second-order valence-corrected chi connectivity index (χ2v) is 8.67. The van der Waals surface area contributed by atoms with Crippen molar-refractivity contribution in [2.75, 3.05) is 49.3 Å². The number of fused-ring (bicyclic) bond motifs is 1. The lowest BCUT2D eigenvalue weighted by atomic mass is 9.93. The van der Waals surface area contributed by atoms with E-state index in [1.165, 1.54) is 6.07 Å². The van der Waals surface area contributed by atoms with Crippen LogP contribution in [0.1, 0.15) is 26.7 Å². The summed E-state index contributed by atoms with van der Waals surface area (Å²) in [5, 5.41) is 0. The molecule has 0 amide bonds. The van der Waals surface area contributed by atoms with Crippen molar-refractivity contribution in [3.63, 3.8) is 0 Å². The maximum Gasteiger partial charge on any atom is 0.413 e. The summed E-state index contributed by atoms with van der Waals surface area (Å²) in [7, 11) is 0. The standard InChI is InChI=1S/C20H27F3N4O4/c1-13-11-31-8-5-25(13)16-9-17(29)26-12-19(2,20(21,22)23)27(18(26)24-16)10-15(28)14-3-6-30-7-4-14/h9,13-14H,3-8,10-12H2,1-2H3/t13-,19+/m1/s1. The molecule has 1 aromatic heterocycles. The number of hydrogen-bond acceptors (Lipinski definition) is 7. The summed E-state index contributed by atoms with van der Waals surface area (Å²) in [5.74, 6) is -0.440. The third kappa shape index (κ3) is 3.93. The Hall–Kier alpha value is -2.14. The number of alkyl halides is 3. The van der Waals surface area contributed by atoms with Crippen molar-refractivity contribution in [3.8, 4) is 0 Å². The zero-order valence-electron chi connectivity index (χ0n) is 17.7. The molecule has 31 heavy (non-hydrogen) atoms. The van der Waals surface area contributed by atoms with Gasteiger partial charge in [0.15, 0.2) is 11.3 Å². The van der Waals surface area contributed by atoms with Gasteiger partial charge in [0.2, 0.25) is 5.95 Å². The Labute approximate surface area is 177 Å². The number of ketones is 1. The summed E-state index contributed by atoms with van der Waals surface area (Å²) >= 11 is 0. The largest absolute Gasteiger partial charge is 0.413 e. The number of ether oxygens (including phenoxy) is 2. The molecule has 8 nitrogen and oxygen atoms in total. The van der Waals surface area contributed by atoms with E-state index < -0.39 is 30.4 Å². The monoisotopic (exact) mass is 444 g/mol. The first-order valence-electron chi connectivity index (χ1n) is 10.5. The zero-order valence-corrected chi connectivity index (χ0v) is 17.7. The fourth-order valence-electron chi connectivity index (χ4n) is 4.46. The molecule has 0 radical (unpaired) electrons. The first-order chi connectivity index (χ1) is 14.6. The number of carbonyl (C=O) groups is 1. The molecule has 11 heteroatoms. The predicted molar refractivity (Wildman–Crippen MR) is 106 cm³/mol. The molecule has 4 heterocycles. The Morgan fingerprint density at radius 1 is 1.26 bits per heavy atom. The fourth-order valence-corrected chi connectivity index (χ4v) is 4.46. The zero-order chi connectivity index (χ0) is 22.4. The Kier molecular flexibility index (Phi) is 5.76. The molecule has 2 saturated heterocycles. The average Bonchev–Trinajstić information content (AvgIpc) is 3.02. The fraction of sp³-hybridized carbons (Fsp3) is 0.750. The highest BCUT2D eigenvalue weighted by molar-refractivity contribution is 5.86. The van der Waals surface area contributed by atoms with Gasteiger partial charge < -0.3 is 19.3 Å². The van der Waals surface area contributed by atoms with E-state index in [0.29, 0.717) is 51.6 Å². The van der Waals surface area contributed by atoms with E-state index in [1.54, 1.807) is 0 Å². The van der Waals surface area contributed by atoms with Crippen molar-refractivity contribution in [2.45, 2.75) is 51.0 Å². The van der Waals surface area contributed by atoms with Gasteiger partial charge in [-0.3, -0.25) is 14.2 Å². The first kappa shape index (κ1) is 22.1. The number of nitrogens with zero attached hydrogens (tertiary/aromatic N) is 4. The minimum absolute atomic E-state index is 0.0728. The van der Waals surface area contributed by atoms with Crippen LogP contribution >= 0.6 is 0 Å². The topological polar surface area (TPSA) is 76.9 Å². The Morgan fingerprint density at radius 3 is 2.61 bits per heavy atom. The van der Waals surface area contributed by atoms with Crippen LogP contribution in [0.2, 0.25) is 0 Å². The second kappa shape index (κ2) is 8.09. The smallest absolute Gasteiger partial charge is 0.381 e. The first-order valence-corrected chi connectivity index (χ1v) is 10.5. The molecule has 0 spiro atoms. The van der Waals surface area contributed by atoms with Gasteiger partial charge in [0, 0.05) is 31.7 Å².